The number of hydrogen-bond acceptors (Lipinski definition) is 5. The number of nitrogens with two attached hydrogens (primary N) is 1. The van der Waals surface area contributed by atoms with Crippen LogP contribution in [0.4, 0.5) is 0 Å². The molecule has 1 aliphatic heterocycles. The van der Waals surface area contributed by atoms with Gasteiger partial charge in [0.1, 0.15) is 5.75 Å². The molecule has 0 saturated carbocycles. The molecule has 2 heterocycles. The van der Waals surface area contributed by atoms with Crippen molar-refractivity contribution in [3.05, 3.63) is 41.5 Å². The van der Waals surface area contributed by atoms with E-state index in [1.54, 1.807) is 0 Å². The minimum Gasteiger partial charge on any atom is -0.493 e. The number of nitrogens with zero attached hydrogens (tertiary/aromatic N) is 2. The second kappa shape index (κ2) is 4.78. The molecule has 1 aromatic heterocycles. The van der Waals surface area contributed by atoms with Gasteiger partial charge >= 0.3 is 0 Å². The van der Waals surface area contributed by atoms with Crippen LogP contribution in [0.5, 0.6) is 5.75 Å². The minimum atomic E-state index is 0.162. The molecule has 0 bridgehead atoms. The first-order valence-corrected chi connectivity index (χ1v) is 6.10. The van der Waals surface area contributed by atoms with E-state index in [9.17, 15) is 0 Å². The van der Waals surface area contributed by atoms with Crippen LogP contribution in [-0.2, 0) is 12.8 Å². The van der Waals surface area contributed by atoms with Gasteiger partial charge in [-0.15, -0.1) is 0 Å². The highest BCUT2D eigenvalue weighted by atomic mass is 16.5. The van der Waals surface area contributed by atoms with Crippen molar-refractivity contribution in [1.29, 1.82) is 0 Å². The Labute approximate surface area is 105 Å². The zero-order valence-corrected chi connectivity index (χ0v) is 10.0. The highest BCUT2D eigenvalue weighted by molar-refractivity contribution is 5.36. The van der Waals surface area contributed by atoms with Crippen molar-refractivity contribution in [2.24, 2.45) is 5.73 Å². The number of hydrogen-bond donors (Lipinski definition) is 1. The number of ether oxygens (including phenoxy) is 1. The van der Waals surface area contributed by atoms with E-state index in [0.29, 0.717) is 31.3 Å². The highest BCUT2D eigenvalue weighted by Crippen LogP contribution is 2.30. The van der Waals surface area contributed by atoms with Gasteiger partial charge in [-0.05, 0) is 18.1 Å². The highest BCUT2D eigenvalue weighted by Gasteiger charge is 2.25. The summed E-state index contributed by atoms with van der Waals surface area (Å²) in [4.78, 5) is 4.36. The van der Waals surface area contributed by atoms with Gasteiger partial charge in [0.15, 0.2) is 5.82 Å². The Hall–Kier alpha value is -1.88. The van der Waals surface area contributed by atoms with E-state index >= 15 is 0 Å². The predicted molar refractivity (Wildman–Crippen MR) is 65.4 cm³/mol. The Morgan fingerprint density at radius 1 is 1.33 bits per heavy atom. The molecule has 1 aliphatic rings. The summed E-state index contributed by atoms with van der Waals surface area (Å²) in [6, 6.07) is 8.05. The first-order chi connectivity index (χ1) is 8.86. The summed E-state index contributed by atoms with van der Waals surface area (Å²) in [5, 5.41) is 4.01. The molecule has 0 saturated heterocycles. The van der Waals surface area contributed by atoms with E-state index in [4.69, 9.17) is 15.0 Å². The lowest BCUT2D eigenvalue weighted by molar-refractivity contribution is 0.253. The third kappa shape index (κ3) is 2.09. The topological polar surface area (TPSA) is 74.2 Å². The van der Waals surface area contributed by atoms with Crippen LogP contribution in [0, 0.1) is 0 Å². The summed E-state index contributed by atoms with van der Waals surface area (Å²) in [7, 11) is 0. The van der Waals surface area contributed by atoms with Gasteiger partial charge in [-0.3, -0.25) is 0 Å². The van der Waals surface area contributed by atoms with Gasteiger partial charge < -0.3 is 15.0 Å². The number of rotatable bonds is 3. The Kier molecular flexibility index (Phi) is 2.98. The number of aromatic nitrogens is 2. The van der Waals surface area contributed by atoms with Crippen LogP contribution in [0.3, 0.4) is 0 Å². The van der Waals surface area contributed by atoms with E-state index < -0.39 is 0 Å². The molecule has 0 spiro atoms. The summed E-state index contributed by atoms with van der Waals surface area (Å²) in [5.74, 6) is 2.44. The SMILES string of the molecule is NCCc1nc(C2COc3ccccc3C2)no1. The first-order valence-electron chi connectivity index (χ1n) is 6.10. The lowest BCUT2D eigenvalue weighted by Crippen LogP contribution is -2.20. The van der Waals surface area contributed by atoms with Gasteiger partial charge in [-0.25, -0.2) is 0 Å². The molecule has 94 valence electrons. The maximum absolute atomic E-state index is 5.71. The van der Waals surface area contributed by atoms with Crippen LogP contribution in [0.25, 0.3) is 0 Å². The van der Waals surface area contributed by atoms with E-state index in [0.717, 1.165) is 12.2 Å². The third-order valence-electron chi connectivity index (χ3n) is 3.09. The molecule has 18 heavy (non-hydrogen) atoms. The Morgan fingerprint density at radius 2 is 2.22 bits per heavy atom. The zero-order valence-electron chi connectivity index (χ0n) is 10.0. The van der Waals surface area contributed by atoms with E-state index in [-0.39, 0.29) is 5.92 Å². The van der Waals surface area contributed by atoms with E-state index in [1.165, 1.54) is 5.56 Å². The Morgan fingerprint density at radius 3 is 3.11 bits per heavy atom. The fourth-order valence-electron chi connectivity index (χ4n) is 2.15. The summed E-state index contributed by atoms with van der Waals surface area (Å²) >= 11 is 0. The normalized spacial score (nSPS) is 18.2. The molecule has 1 unspecified atom stereocenters. The van der Waals surface area contributed by atoms with Gasteiger partial charge in [0, 0.05) is 13.0 Å². The summed E-state index contributed by atoms with van der Waals surface area (Å²) < 4.78 is 10.9. The van der Waals surface area contributed by atoms with Crippen molar-refractivity contribution >= 4 is 0 Å². The minimum absolute atomic E-state index is 0.162. The van der Waals surface area contributed by atoms with E-state index in [2.05, 4.69) is 16.2 Å². The third-order valence-corrected chi connectivity index (χ3v) is 3.09. The lowest BCUT2D eigenvalue weighted by atomic mass is 9.96. The molecule has 5 heteroatoms. The summed E-state index contributed by atoms with van der Waals surface area (Å²) in [6.45, 7) is 1.12. The summed E-state index contributed by atoms with van der Waals surface area (Å²) in [6.07, 6.45) is 1.51. The van der Waals surface area contributed by atoms with E-state index in [1.807, 2.05) is 18.2 Å². The van der Waals surface area contributed by atoms with Crippen LogP contribution < -0.4 is 10.5 Å². The molecule has 2 N–H and O–H groups in total. The molecule has 0 radical (unpaired) electrons. The van der Waals surface area contributed by atoms with Crippen LogP contribution in [0.2, 0.25) is 0 Å². The number of benzene rings is 1. The monoisotopic (exact) mass is 245 g/mol. The molecule has 2 aromatic rings. The number of para-hydroxylation sites is 1. The predicted octanol–water partition coefficient (Wildman–Crippen LogP) is 1.29. The average Bonchev–Trinajstić information content (AvgIpc) is 2.87. The first kappa shape index (κ1) is 11.2. The fraction of sp³-hybridized carbons (Fsp3) is 0.385. The van der Waals surface area contributed by atoms with Crippen molar-refractivity contribution < 1.29 is 9.26 Å². The van der Waals surface area contributed by atoms with Crippen molar-refractivity contribution in [1.82, 2.24) is 10.1 Å². The van der Waals surface area contributed by atoms with Gasteiger partial charge in [0.05, 0.1) is 12.5 Å². The quantitative estimate of drug-likeness (QED) is 0.882. The Bertz CT molecular complexity index is 539. The number of fused-ring (bicyclic) bond motifs is 1. The van der Waals surface area contributed by atoms with Gasteiger partial charge in [-0.1, -0.05) is 23.4 Å². The Balaban J connectivity index is 1.78. The molecule has 5 nitrogen and oxygen atoms in total. The summed E-state index contributed by atoms with van der Waals surface area (Å²) in [5.41, 5.74) is 6.65. The molecule has 3 rings (SSSR count). The maximum atomic E-state index is 5.71. The molecular formula is C13H15N3O2. The fourth-order valence-corrected chi connectivity index (χ4v) is 2.15. The standard InChI is InChI=1S/C13H15N3O2/c14-6-5-12-15-13(16-18-12)10-7-9-3-1-2-4-11(9)17-8-10/h1-4,10H,5-8,14H2. The lowest BCUT2D eigenvalue weighted by Gasteiger charge is -2.22. The van der Waals surface area contributed by atoms with Crippen molar-refractivity contribution in [2.75, 3.05) is 13.2 Å². The van der Waals surface area contributed by atoms with Crippen molar-refractivity contribution in [3.8, 4) is 5.75 Å². The maximum Gasteiger partial charge on any atom is 0.227 e. The van der Waals surface area contributed by atoms with Crippen LogP contribution in [0.1, 0.15) is 23.2 Å². The molecule has 0 aliphatic carbocycles. The van der Waals surface area contributed by atoms with Gasteiger partial charge in [0.25, 0.3) is 0 Å². The molecule has 0 fully saturated rings. The van der Waals surface area contributed by atoms with Crippen molar-refractivity contribution in [3.63, 3.8) is 0 Å². The molecule has 1 atom stereocenters. The van der Waals surface area contributed by atoms with Crippen molar-refractivity contribution in [2.45, 2.75) is 18.8 Å². The smallest absolute Gasteiger partial charge is 0.227 e. The second-order valence-corrected chi connectivity index (χ2v) is 4.40. The van der Waals surface area contributed by atoms with Crippen LogP contribution in [-0.4, -0.2) is 23.3 Å². The van der Waals surface area contributed by atoms with Gasteiger partial charge in [-0.2, -0.15) is 4.98 Å². The average molecular weight is 245 g/mol. The van der Waals surface area contributed by atoms with Gasteiger partial charge in [0.2, 0.25) is 5.89 Å². The molecular weight excluding hydrogens is 230 g/mol. The molecule has 0 amide bonds. The van der Waals surface area contributed by atoms with Crippen LogP contribution in [0.15, 0.2) is 28.8 Å². The molecule has 1 aromatic carbocycles. The van der Waals surface area contributed by atoms with Crippen LogP contribution >= 0.6 is 0 Å². The second-order valence-electron chi connectivity index (χ2n) is 4.40. The largest absolute Gasteiger partial charge is 0.493 e. The zero-order chi connectivity index (χ0) is 12.4.